The fourth-order valence-corrected chi connectivity index (χ4v) is 3.13. The largest absolute Gasteiger partial charge is 0.399 e. The molecule has 1 aliphatic rings. The van der Waals surface area contributed by atoms with Crippen molar-refractivity contribution >= 4 is 16.7 Å². The van der Waals surface area contributed by atoms with Crippen molar-refractivity contribution in [2.75, 3.05) is 25.4 Å². The molecular weight excluding hydrogens is 260 g/mol. The van der Waals surface area contributed by atoms with Crippen molar-refractivity contribution in [3.63, 3.8) is 0 Å². The minimum Gasteiger partial charge on any atom is -0.399 e. The van der Waals surface area contributed by atoms with Gasteiger partial charge in [0.1, 0.15) is 5.82 Å². The summed E-state index contributed by atoms with van der Waals surface area (Å²) in [4.78, 5) is 10.6. The minimum absolute atomic E-state index is 0.563. The number of fused-ring (bicyclic) bond motifs is 1. The number of rotatable bonds is 4. The van der Waals surface area contributed by atoms with Crippen LogP contribution in [-0.4, -0.2) is 34.5 Å². The molecule has 1 fully saturated rings. The van der Waals surface area contributed by atoms with E-state index in [0.717, 1.165) is 35.5 Å². The van der Waals surface area contributed by atoms with E-state index in [1.165, 1.54) is 32.4 Å². The van der Waals surface area contributed by atoms with Crippen LogP contribution in [-0.2, 0) is 6.42 Å². The third-order valence-corrected chi connectivity index (χ3v) is 5.14. The lowest BCUT2D eigenvalue weighted by molar-refractivity contribution is 0.115. The fraction of sp³-hybridized carbons (Fsp3) is 0.588. The van der Waals surface area contributed by atoms with Gasteiger partial charge in [-0.3, -0.25) is 0 Å². The number of nitrogens with two attached hydrogens (primary N) is 1. The zero-order chi connectivity index (χ0) is 14.9. The van der Waals surface area contributed by atoms with Crippen molar-refractivity contribution in [1.82, 2.24) is 14.9 Å². The number of H-pyrrole nitrogens is 1. The van der Waals surface area contributed by atoms with Gasteiger partial charge in [0, 0.05) is 18.7 Å². The van der Waals surface area contributed by atoms with Crippen molar-refractivity contribution in [2.45, 2.75) is 39.5 Å². The van der Waals surface area contributed by atoms with Gasteiger partial charge in [0.15, 0.2) is 0 Å². The van der Waals surface area contributed by atoms with Crippen LogP contribution in [0.2, 0.25) is 0 Å². The summed E-state index contributed by atoms with van der Waals surface area (Å²) >= 11 is 0. The van der Waals surface area contributed by atoms with Crippen LogP contribution in [0.25, 0.3) is 11.0 Å². The molecule has 4 nitrogen and oxygen atoms in total. The Morgan fingerprint density at radius 2 is 2.10 bits per heavy atom. The fourth-order valence-electron chi connectivity index (χ4n) is 3.13. The van der Waals surface area contributed by atoms with Crippen molar-refractivity contribution in [3.8, 4) is 0 Å². The second kappa shape index (κ2) is 5.68. The second-order valence-electron chi connectivity index (χ2n) is 6.72. The van der Waals surface area contributed by atoms with E-state index in [1.807, 2.05) is 18.2 Å². The van der Waals surface area contributed by atoms with Gasteiger partial charge in [-0.2, -0.15) is 0 Å². The summed E-state index contributed by atoms with van der Waals surface area (Å²) in [6.07, 6.45) is 4.92. The number of aromatic nitrogens is 2. The Labute approximate surface area is 126 Å². The van der Waals surface area contributed by atoms with E-state index in [1.54, 1.807) is 0 Å². The molecule has 0 radical (unpaired) electrons. The number of anilines is 1. The highest BCUT2D eigenvalue weighted by Gasteiger charge is 2.27. The number of nitrogens with zero attached hydrogens (tertiary/aromatic N) is 2. The molecule has 1 aliphatic heterocycles. The lowest BCUT2D eigenvalue weighted by atomic mass is 9.78. The standard InChI is InChI=1S/C17H26N4/c1-3-17(2)7-10-21(11-8-17)9-6-16-19-14-5-4-13(18)12-15(14)20-16/h4-5,12H,3,6-11,18H2,1-2H3,(H,19,20). The molecule has 0 bridgehead atoms. The highest BCUT2D eigenvalue weighted by atomic mass is 15.1. The number of nitrogens with one attached hydrogen (secondary N) is 1. The summed E-state index contributed by atoms with van der Waals surface area (Å²) < 4.78 is 0. The zero-order valence-corrected chi connectivity index (χ0v) is 13.2. The lowest BCUT2D eigenvalue weighted by Gasteiger charge is -2.38. The molecule has 0 unspecified atom stereocenters. The molecule has 0 spiro atoms. The van der Waals surface area contributed by atoms with Gasteiger partial charge >= 0.3 is 0 Å². The van der Waals surface area contributed by atoms with E-state index >= 15 is 0 Å². The number of hydrogen-bond donors (Lipinski definition) is 2. The van der Waals surface area contributed by atoms with Gasteiger partial charge in [0.25, 0.3) is 0 Å². The molecule has 1 saturated heterocycles. The predicted octanol–water partition coefficient (Wildman–Crippen LogP) is 3.20. The first-order valence-electron chi connectivity index (χ1n) is 8.04. The number of imidazole rings is 1. The molecule has 2 heterocycles. The topological polar surface area (TPSA) is 57.9 Å². The molecule has 2 aromatic rings. The first-order chi connectivity index (χ1) is 10.1. The number of nitrogen functional groups attached to an aromatic ring is 1. The minimum atomic E-state index is 0.563. The molecule has 114 valence electrons. The number of benzene rings is 1. The van der Waals surface area contributed by atoms with E-state index in [4.69, 9.17) is 5.73 Å². The van der Waals surface area contributed by atoms with E-state index < -0.39 is 0 Å². The van der Waals surface area contributed by atoms with Crippen LogP contribution in [0.4, 0.5) is 5.69 Å². The van der Waals surface area contributed by atoms with Gasteiger partial charge in [-0.1, -0.05) is 20.3 Å². The van der Waals surface area contributed by atoms with Crippen molar-refractivity contribution in [1.29, 1.82) is 0 Å². The molecule has 21 heavy (non-hydrogen) atoms. The van der Waals surface area contributed by atoms with Gasteiger partial charge in [-0.15, -0.1) is 0 Å². The van der Waals surface area contributed by atoms with E-state index in [-0.39, 0.29) is 0 Å². The molecule has 0 atom stereocenters. The van der Waals surface area contributed by atoms with Gasteiger partial charge in [-0.05, 0) is 49.5 Å². The van der Waals surface area contributed by atoms with Crippen molar-refractivity contribution in [3.05, 3.63) is 24.0 Å². The molecule has 1 aromatic heterocycles. The molecule has 3 N–H and O–H groups in total. The van der Waals surface area contributed by atoms with Crippen LogP contribution in [0, 0.1) is 5.41 Å². The van der Waals surface area contributed by atoms with E-state index in [9.17, 15) is 0 Å². The Bertz CT molecular complexity index is 608. The van der Waals surface area contributed by atoms with E-state index in [2.05, 4.69) is 28.7 Å². The maximum atomic E-state index is 5.81. The van der Waals surface area contributed by atoms with Gasteiger partial charge < -0.3 is 15.6 Å². The van der Waals surface area contributed by atoms with Crippen LogP contribution < -0.4 is 5.73 Å². The van der Waals surface area contributed by atoms with Gasteiger partial charge in [-0.25, -0.2) is 4.98 Å². The number of piperidine rings is 1. The maximum absolute atomic E-state index is 5.81. The van der Waals surface area contributed by atoms with Crippen LogP contribution in [0.1, 0.15) is 38.9 Å². The third kappa shape index (κ3) is 3.21. The Kier molecular flexibility index (Phi) is 3.89. The highest BCUT2D eigenvalue weighted by molar-refractivity contribution is 5.78. The maximum Gasteiger partial charge on any atom is 0.108 e. The highest BCUT2D eigenvalue weighted by Crippen LogP contribution is 2.33. The molecule has 3 rings (SSSR count). The SMILES string of the molecule is CCC1(C)CCN(CCc2nc3ccc(N)cc3[nH]2)CC1. The van der Waals surface area contributed by atoms with Crippen LogP contribution in [0.3, 0.4) is 0 Å². The molecule has 4 heteroatoms. The normalized spacial score (nSPS) is 19.1. The molecule has 1 aromatic carbocycles. The van der Waals surface area contributed by atoms with Gasteiger partial charge in [0.05, 0.1) is 11.0 Å². The third-order valence-electron chi connectivity index (χ3n) is 5.14. The Morgan fingerprint density at radius 3 is 2.81 bits per heavy atom. The predicted molar refractivity (Wildman–Crippen MR) is 88.3 cm³/mol. The second-order valence-corrected chi connectivity index (χ2v) is 6.72. The Hall–Kier alpha value is -1.55. The molecule has 0 saturated carbocycles. The monoisotopic (exact) mass is 286 g/mol. The summed E-state index contributed by atoms with van der Waals surface area (Å²) in [5, 5.41) is 0. The van der Waals surface area contributed by atoms with Crippen molar-refractivity contribution < 1.29 is 0 Å². The Morgan fingerprint density at radius 1 is 1.33 bits per heavy atom. The summed E-state index contributed by atoms with van der Waals surface area (Å²) in [5.41, 5.74) is 9.21. The van der Waals surface area contributed by atoms with Gasteiger partial charge in [0.2, 0.25) is 0 Å². The van der Waals surface area contributed by atoms with Crippen molar-refractivity contribution in [2.24, 2.45) is 5.41 Å². The summed E-state index contributed by atoms with van der Waals surface area (Å²) in [7, 11) is 0. The average Bonchev–Trinajstić information content (AvgIpc) is 2.89. The molecule has 0 amide bonds. The summed E-state index contributed by atoms with van der Waals surface area (Å²) in [6, 6.07) is 5.85. The molecular formula is C17H26N4. The van der Waals surface area contributed by atoms with E-state index in [0.29, 0.717) is 5.41 Å². The summed E-state index contributed by atoms with van der Waals surface area (Å²) in [6.45, 7) is 8.27. The smallest absolute Gasteiger partial charge is 0.108 e. The number of aromatic amines is 1. The first kappa shape index (κ1) is 14.4. The number of likely N-dealkylation sites (tertiary alicyclic amines) is 1. The van der Waals surface area contributed by atoms with Crippen LogP contribution >= 0.6 is 0 Å². The lowest BCUT2D eigenvalue weighted by Crippen LogP contribution is -2.39. The zero-order valence-electron chi connectivity index (χ0n) is 13.2. The van der Waals surface area contributed by atoms with Crippen LogP contribution in [0.15, 0.2) is 18.2 Å². The Balaban J connectivity index is 1.57. The average molecular weight is 286 g/mol. The first-order valence-corrected chi connectivity index (χ1v) is 8.04. The molecule has 0 aliphatic carbocycles. The summed E-state index contributed by atoms with van der Waals surface area (Å²) in [5.74, 6) is 1.07. The quantitative estimate of drug-likeness (QED) is 0.849. The van der Waals surface area contributed by atoms with Crippen LogP contribution in [0.5, 0.6) is 0 Å². The number of hydrogen-bond acceptors (Lipinski definition) is 3.